The smallest absolute Gasteiger partial charge is 0.358 e. The third-order valence-corrected chi connectivity index (χ3v) is 4.44. The molecule has 118 valence electrons. The second-order valence-corrected chi connectivity index (χ2v) is 6.25. The second-order valence-electron chi connectivity index (χ2n) is 4.62. The molecule has 0 radical (unpaired) electrons. The number of ether oxygens (including phenoxy) is 1. The molecule has 23 heavy (non-hydrogen) atoms. The summed E-state index contributed by atoms with van der Waals surface area (Å²) in [6.45, 7) is 1.66. The Morgan fingerprint density at radius 2 is 2.13 bits per heavy atom. The van der Waals surface area contributed by atoms with E-state index >= 15 is 0 Å². The predicted molar refractivity (Wildman–Crippen MR) is 87.5 cm³/mol. The fourth-order valence-corrected chi connectivity index (χ4v) is 3.16. The van der Waals surface area contributed by atoms with Crippen molar-refractivity contribution >= 4 is 45.5 Å². The zero-order valence-corrected chi connectivity index (χ0v) is 14.1. The highest BCUT2D eigenvalue weighted by molar-refractivity contribution is 7.15. The summed E-state index contributed by atoms with van der Waals surface area (Å²) in [7, 11) is 0. The highest BCUT2D eigenvalue weighted by atomic mass is 35.5. The molecule has 3 aromatic rings. The molecule has 0 saturated carbocycles. The van der Waals surface area contributed by atoms with Crippen LogP contribution in [0.25, 0.3) is 4.96 Å². The van der Waals surface area contributed by atoms with Crippen LogP contribution in [0.15, 0.2) is 28.4 Å². The van der Waals surface area contributed by atoms with Crippen LogP contribution in [0.3, 0.4) is 0 Å². The SMILES string of the molecule is Cc1csc2nc(COC(=O)c3nc(Cl)ccc3Cl)cc(=O)n12. The van der Waals surface area contributed by atoms with Gasteiger partial charge in [-0.05, 0) is 19.1 Å². The molecule has 0 bridgehead atoms. The lowest BCUT2D eigenvalue weighted by Crippen LogP contribution is -2.16. The predicted octanol–water partition coefficient (Wildman–Crippen LogP) is 3.12. The van der Waals surface area contributed by atoms with Gasteiger partial charge in [-0.1, -0.05) is 23.2 Å². The Balaban J connectivity index is 1.82. The van der Waals surface area contributed by atoms with Gasteiger partial charge in [0.15, 0.2) is 10.7 Å². The summed E-state index contributed by atoms with van der Waals surface area (Å²) in [5, 5.41) is 2.10. The molecule has 0 aliphatic heterocycles. The van der Waals surface area contributed by atoms with E-state index in [1.165, 1.54) is 33.9 Å². The van der Waals surface area contributed by atoms with Gasteiger partial charge in [0, 0.05) is 17.1 Å². The summed E-state index contributed by atoms with van der Waals surface area (Å²) >= 11 is 13.0. The molecule has 0 aromatic carbocycles. The maximum Gasteiger partial charge on any atom is 0.358 e. The van der Waals surface area contributed by atoms with E-state index in [4.69, 9.17) is 27.9 Å². The number of pyridine rings is 1. The van der Waals surface area contributed by atoms with E-state index in [1.807, 2.05) is 12.3 Å². The maximum atomic E-state index is 12.0. The van der Waals surface area contributed by atoms with E-state index in [0.717, 1.165) is 5.69 Å². The van der Waals surface area contributed by atoms with Crippen molar-refractivity contribution in [1.82, 2.24) is 14.4 Å². The van der Waals surface area contributed by atoms with E-state index < -0.39 is 5.97 Å². The van der Waals surface area contributed by atoms with Gasteiger partial charge in [0.2, 0.25) is 0 Å². The van der Waals surface area contributed by atoms with Gasteiger partial charge < -0.3 is 4.74 Å². The molecular formula is C14H9Cl2N3O3S. The van der Waals surface area contributed by atoms with Gasteiger partial charge in [-0.25, -0.2) is 14.8 Å². The van der Waals surface area contributed by atoms with Crippen molar-refractivity contribution < 1.29 is 9.53 Å². The van der Waals surface area contributed by atoms with Crippen molar-refractivity contribution in [2.24, 2.45) is 0 Å². The molecule has 0 aliphatic carbocycles. The van der Waals surface area contributed by atoms with E-state index in [9.17, 15) is 9.59 Å². The summed E-state index contributed by atoms with van der Waals surface area (Å²) in [6, 6.07) is 4.25. The molecule has 9 heteroatoms. The number of nitrogens with zero attached hydrogens (tertiary/aromatic N) is 3. The number of hydrogen-bond donors (Lipinski definition) is 0. The molecule has 0 atom stereocenters. The average Bonchev–Trinajstić information content (AvgIpc) is 2.89. The van der Waals surface area contributed by atoms with Crippen molar-refractivity contribution in [3.63, 3.8) is 0 Å². The minimum Gasteiger partial charge on any atom is -0.454 e. The van der Waals surface area contributed by atoms with Gasteiger partial charge in [0.05, 0.1) is 10.7 Å². The van der Waals surface area contributed by atoms with Crippen LogP contribution in [-0.4, -0.2) is 20.3 Å². The van der Waals surface area contributed by atoms with Gasteiger partial charge in [0.25, 0.3) is 5.56 Å². The van der Waals surface area contributed by atoms with Gasteiger partial charge in [-0.3, -0.25) is 9.20 Å². The zero-order chi connectivity index (χ0) is 16.6. The third-order valence-electron chi connectivity index (χ3n) is 2.99. The molecular weight excluding hydrogens is 361 g/mol. The maximum absolute atomic E-state index is 12.0. The largest absolute Gasteiger partial charge is 0.454 e. The van der Waals surface area contributed by atoms with Crippen LogP contribution in [0.2, 0.25) is 10.2 Å². The first kappa shape index (κ1) is 15.9. The minimum atomic E-state index is -0.734. The third kappa shape index (κ3) is 3.21. The molecule has 0 aliphatic rings. The standard InChI is InChI=1S/C14H9Cl2N3O3S/c1-7-6-23-14-17-8(4-11(20)19(7)14)5-22-13(21)12-9(15)2-3-10(16)18-12/h2-4,6H,5H2,1H3. The molecule has 0 amide bonds. The Morgan fingerprint density at radius 3 is 2.91 bits per heavy atom. The molecule has 0 saturated heterocycles. The topological polar surface area (TPSA) is 73.6 Å². The number of rotatable bonds is 3. The second kappa shape index (κ2) is 6.27. The monoisotopic (exact) mass is 369 g/mol. The molecule has 0 spiro atoms. The molecule has 0 fully saturated rings. The molecule has 6 nitrogen and oxygen atoms in total. The van der Waals surface area contributed by atoms with Crippen LogP contribution in [-0.2, 0) is 11.3 Å². The lowest BCUT2D eigenvalue weighted by molar-refractivity contribution is 0.0461. The van der Waals surface area contributed by atoms with Crippen molar-refractivity contribution in [3.05, 3.63) is 61.2 Å². The number of thiazole rings is 1. The fraction of sp³-hybridized carbons (Fsp3) is 0.143. The fourth-order valence-electron chi connectivity index (χ4n) is 1.94. The van der Waals surface area contributed by atoms with E-state index in [2.05, 4.69) is 9.97 Å². The number of carbonyl (C=O) groups is 1. The van der Waals surface area contributed by atoms with Gasteiger partial charge in [-0.2, -0.15) is 0 Å². The first-order valence-corrected chi connectivity index (χ1v) is 8.05. The first-order valence-electron chi connectivity index (χ1n) is 6.41. The quantitative estimate of drug-likeness (QED) is 0.523. The van der Waals surface area contributed by atoms with Crippen LogP contribution >= 0.6 is 34.5 Å². The average molecular weight is 370 g/mol. The van der Waals surface area contributed by atoms with Crippen molar-refractivity contribution in [2.75, 3.05) is 0 Å². The summed E-state index contributed by atoms with van der Waals surface area (Å²) in [5.74, 6) is -0.734. The van der Waals surface area contributed by atoms with Gasteiger partial charge in [-0.15, -0.1) is 11.3 Å². The summed E-state index contributed by atoms with van der Waals surface area (Å²) in [6.07, 6.45) is 0. The molecule has 3 heterocycles. The first-order chi connectivity index (χ1) is 11.0. The highest BCUT2D eigenvalue weighted by Gasteiger charge is 2.15. The normalized spacial score (nSPS) is 10.9. The Bertz CT molecular complexity index is 968. The van der Waals surface area contributed by atoms with Crippen LogP contribution < -0.4 is 5.56 Å². The molecule has 0 unspecified atom stereocenters. The van der Waals surface area contributed by atoms with Gasteiger partial charge in [0.1, 0.15) is 11.8 Å². The lowest BCUT2D eigenvalue weighted by Gasteiger charge is -2.06. The number of hydrogen-bond acceptors (Lipinski definition) is 6. The summed E-state index contributed by atoms with van der Waals surface area (Å²) in [4.78, 5) is 32.7. The molecule has 3 aromatic heterocycles. The molecule has 0 N–H and O–H groups in total. The van der Waals surface area contributed by atoms with Gasteiger partial charge >= 0.3 is 5.97 Å². The summed E-state index contributed by atoms with van der Waals surface area (Å²) < 4.78 is 6.60. The zero-order valence-electron chi connectivity index (χ0n) is 11.7. The Kier molecular flexibility index (Phi) is 4.34. The number of halogens is 2. The molecule has 3 rings (SSSR count). The van der Waals surface area contributed by atoms with Crippen LogP contribution in [0.4, 0.5) is 0 Å². The Labute approximate surface area is 144 Å². The van der Waals surface area contributed by atoms with Crippen LogP contribution in [0, 0.1) is 6.92 Å². The number of aryl methyl sites for hydroxylation is 1. The lowest BCUT2D eigenvalue weighted by atomic mass is 10.3. The van der Waals surface area contributed by atoms with E-state index in [1.54, 1.807) is 0 Å². The van der Waals surface area contributed by atoms with Crippen LogP contribution in [0.1, 0.15) is 21.9 Å². The minimum absolute atomic E-state index is 0.0797. The van der Waals surface area contributed by atoms with Crippen LogP contribution in [0.5, 0.6) is 0 Å². The van der Waals surface area contributed by atoms with Crippen molar-refractivity contribution in [2.45, 2.75) is 13.5 Å². The van der Waals surface area contributed by atoms with E-state index in [-0.39, 0.29) is 28.0 Å². The number of esters is 1. The Morgan fingerprint density at radius 1 is 1.35 bits per heavy atom. The van der Waals surface area contributed by atoms with E-state index in [0.29, 0.717) is 10.7 Å². The summed E-state index contributed by atoms with van der Waals surface area (Å²) in [5.41, 5.74) is 0.854. The number of carbonyl (C=O) groups excluding carboxylic acids is 1. The highest BCUT2D eigenvalue weighted by Crippen LogP contribution is 2.18. The number of fused-ring (bicyclic) bond motifs is 1. The Hall–Kier alpha value is -1.96. The van der Waals surface area contributed by atoms with Crippen molar-refractivity contribution in [1.29, 1.82) is 0 Å². The number of aromatic nitrogens is 3. The van der Waals surface area contributed by atoms with Crippen molar-refractivity contribution in [3.8, 4) is 0 Å².